The lowest BCUT2D eigenvalue weighted by Gasteiger charge is -2.15. The van der Waals surface area contributed by atoms with E-state index in [1.165, 1.54) is 12.1 Å². The number of likely N-dealkylation sites (tertiary alicyclic amines) is 1. The van der Waals surface area contributed by atoms with Crippen molar-refractivity contribution in [2.45, 2.75) is 27.2 Å². The van der Waals surface area contributed by atoms with E-state index < -0.39 is 0 Å². The number of benzene rings is 1. The van der Waals surface area contributed by atoms with Gasteiger partial charge in [0.25, 0.3) is 0 Å². The Labute approximate surface area is 141 Å². The first-order valence-corrected chi connectivity index (χ1v) is 8.23. The standard InChI is InChI=1S/C15H17FN4O2.C2H6/c1-10-6-7-20(9-10)13(21)8-17-15-19-18-14(22-15)11-2-4-12(16)5-3-11;1-2/h2-5,10H,6-9H2,1H3,(H,17,19);1-2H3. The zero-order chi connectivity index (χ0) is 17.5. The lowest BCUT2D eigenvalue weighted by atomic mass is 10.2. The first-order chi connectivity index (χ1) is 11.6. The van der Waals surface area contributed by atoms with E-state index in [9.17, 15) is 9.18 Å². The van der Waals surface area contributed by atoms with Gasteiger partial charge in [-0.05, 0) is 36.6 Å². The minimum Gasteiger partial charge on any atom is -0.403 e. The van der Waals surface area contributed by atoms with Crippen LogP contribution in [-0.2, 0) is 4.79 Å². The van der Waals surface area contributed by atoms with Gasteiger partial charge in [-0.2, -0.15) is 0 Å². The topological polar surface area (TPSA) is 71.3 Å². The number of hydrogen-bond donors (Lipinski definition) is 1. The van der Waals surface area contributed by atoms with Crippen LogP contribution in [0, 0.1) is 11.7 Å². The van der Waals surface area contributed by atoms with Crippen molar-refractivity contribution >= 4 is 11.9 Å². The van der Waals surface area contributed by atoms with Gasteiger partial charge in [-0.15, -0.1) is 5.10 Å². The van der Waals surface area contributed by atoms with Crippen molar-refractivity contribution in [2.75, 3.05) is 25.0 Å². The molecule has 0 radical (unpaired) electrons. The van der Waals surface area contributed by atoms with E-state index in [0.29, 0.717) is 11.5 Å². The number of nitrogens with one attached hydrogen (secondary N) is 1. The summed E-state index contributed by atoms with van der Waals surface area (Å²) in [7, 11) is 0. The molecule has 2 aromatic rings. The van der Waals surface area contributed by atoms with Crippen molar-refractivity contribution in [3.63, 3.8) is 0 Å². The van der Waals surface area contributed by atoms with E-state index in [2.05, 4.69) is 22.4 Å². The number of amides is 1. The molecule has 130 valence electrons. The van der Waals surface area contributed by atoms with Crippen molar-refractivity contribution in [1.29, 1.82) is 0 Å². The Morgan fingerprint density at radius 2 is 2.04 bits per heavy atom. The van der Waals surface area contributed by atoms with Crippen LogP contribution < -0.4 is 5.32 Å². The van der Waals surface area contributed by atoms with Gasteiger partial charge in [0.2, 0.25) is 11.8 Å². The molecule has 1 unspecified atom stereocenters. The van der Waals surface area contributed by atoms with Gasteiger partial charge in [0, 0.05) is 18.7 Å². The van der Waals surface area contributed by atoms with Gasteiger partial charge in [-0.1, -0.05) is 25.9 Å². The van der Waals surface area contributed by atoms with Gasteiger partial charge in [-0.25, -0.2) is 4.39 Å². The molecule has 0 aliphatic carbocycles. The molecule has 1 aromatic heterocycles. The number of halogens is 1. The SMILES string of the molecule is CC.CC1CCN(C(=O)CNc2nnc(-c3ccc(F)cc3)o2)C1. The number of nitrogens with zero attached hydrogens (tertiary/aromatic N) is 3. The zero-order valence-electron chi connectivity index (χ0n) is 14.3. The average Bonchev–Trinajstić information content (AvgIpc) is 3.24. The molecule has 1 amide bonds. The van der Waals surface area contributed by atoms with Crippen LogP contribution in [0.15, 0.2) is 28.7 Å². The van der Waals surface area contributed by atoms with Gasteiger partial charge in [0.15, 0.2) is 0 Å². The second-order valence-corrected chi connectivity index (χ2v) is 5.51. The molecule has 1 aliphatic rings. The Bertz CT molecular complexity index is 657. The van der Waals surface area contributed by atoms with Crippen LogP contribution in [0.4, 0.5) is 10.4 Å². The highest BCUT2D eigenvalue weighted by molar-refractivity contribution is 5.80. The smallest absolute Gasteiger partial charge is 0.316 e. The van der Waals surface area contributed by atoms with Crippen LogP contribution >= 0.6 is 0 Å². The molecule has 6 nitrogen and oxygen atoms in total. The molecule has 2 heterocycles. The van der Waals surface area contributed by atoms with Crippen LogP contribution in [0.5, 0.6) is 0 Å². The van der Waals surface area contributed by atoms with E-state index >= 15 is 0 Å². The molecule has 1 saturated heterocycles. The van der Waals surface area contributed by atoms with Crippen molar-refractivity contribution < 1.29 is 13.6 Å². The van der Waals surface area contributed by atoms with Crippen molar-refractivity contribution in [3.05, 3.63) is 30.1 Å². The summed E-state index contributed by atoms with van der Waals surface area (Å²) in [4.78, 5) is 13.8. The minimum atomic E-state index is -0.327. The maximum Gasteiger partial charge on any atom is 0.316 e. The first kappa shape index (κ1) is 17.9. The molecule has 1 aliphatic heterocycles. The Morgan fingerprint density at radius 1 is 1.33 bits per heavy atom. The number of rotatable bonds is 4. The molecule has 0 spiro atoms. The quantitative estimate of drug-likeness (QED) is 0.930. The van der Waals surface area contributed by atoms with Crippen LogP contribution in [0.2, 0.25) is 0 Å². The summed E-state index contributed by atoms with van der Waals surface area (Å²) in [6.45, 7) is 7.85. The Hall–Kier alpha value is -2.44. The summed E-state index contributed by atoms with van der Waals surface area (Å²) < 4.78 is 18.3. The lowest BCUT2D eigenvalue weighted by Crippen LogP contribution is -2.33. The van der Waals surface area contributed by atoms with E-state index in [1.807, 2.05) is 18.7 Å². The van der Waals surface area contributed by atoms with Crippen molar-refractivity contribution in [1.82, 2.24) is 15.1 Å². The Balaban J connectivity index is 0.00000100. The van der Waals surface area contributed by atoms with E-state index in [0.717, 1.165) is 19.5 Å². The summed E-state index contributed by atoms with van der Waals surface area (Å²) in [6.07, 6.45) is 1.04. The lowest BCUT2D eigenvalue weighted by molar-refractivity contribution is -0.128. The normalized spacial score (nSPS) is 16.5. The highest BCUT2D eigenvalue weighted by Gasteiger charge is 2.23. The minimum absolute atomic E-state index is 0.0193. The molecule has 3 rings (SSSR count). The fourth-order valence-corrected chi connectivity index (χ4v) is 2.43. The van der Waals surface area contributed by atoms with Gasteiger partial charge < -0.3 is 14.6 Å². The predicted molar refractivity (Wildman–Crippen MR) is 89.9 cm³/mol. The number of carbonyl (C=O) groups is 1. The monoisotopic (exact) mass is 334 g/mol. The fourth-order valence-electron chi connectivity index (χ4n) is 2.43. The molecule has 1 N–H and O–H groups in total. The molecule has 1 atom stereocenters. The molecule has 7 heteroatoms. The van der Waals surface area contributed by atoms with E-state index in [-0.39, 0.29) is 30.2 Å². The molecule has 0 saturated carbocycles. The summed E-state index contributed by atoms with van der Waals surface area (Å²) in [6, 6.07) is 5.95. The van der Waals surface area contributed by atoms with Crippen LogP contribution in [0.1, 0.15) is 27.2 Å². The summed E-state index contributed by atoms with van der Waals surface area (Å²) in [5.74, 6) is 0.528. The molecule has 0 bridgehead atoms. The number of aromatic nitrogens is 2. The highest BCUT2D eigenvalue weighted by atomic mass is 19.1. The summed E-state index contributed by atoms with van der Waals surface area (Å²) in [5, 5.41) is 10.5. The third kappa shape index (κ3) is 4.53. The number of carbonyl (C=O) groups excluding carboxylic acids is 1. The Kier molecular flexibility index (Phi) is 6.28. The van der Waals surface area contributed by atoms with Crippen LogP contribution in [-0.4, -0.2) is 40.6 Å². The van der Waals surface area contributed by atoms with Crippen molar-refractivity contribution in [3.8, 4) is 11.5 Å². The van der Waals surface area contributed by atoms with Gasteiger partial charge in [0.1, 0.15) is 5.82 Å². The molecule has 1 fully saturated rings. The summed E-state index contributed by atoms with van der Waals surface area (Å²) in [5.41, 5.74) is 0.627. The molecule has 1 aromatic carbocycles. The third-order valence-electron chi connectivity index (χ3n) is 3.68. The van der Waals surface area contributed by atoms with Crippen LogP contribution in [0.25, 0.3) is 11.5 Å². The second-order valence-electron chi connectivity index (χ2n) is 5.51. The van der Waals surface area contributed by atoms with E-state index in [1.54, 1.807) is 12.1 Å². The Morgan fingerprint density at radius 3 is 2.67 bits per heavy atom. The maximum absolute atomic E-state index is 12.9. The summed E-state index contributed by atoms with van der Waals surface area (Å²) >= 11 is 0. The fraction of sp³-hybridized carbons (Fsp3) is 0.471. The second kappa shape index (κ2) is 8.42. The maximum atomic E-state index is 12.9. The molecular weight excluding hydrogens is 311 g/mol. The molecular formula is C17H23FN4O2. The van der Waals surface area contributed by atoms with E-state index in [4.69, 9.17) is 4.42 Å². The van der Waals surface area contributed by atoms with Crippen LogP contribution in [0.3, 0.4) is 0 Å². The molecule has 24 heavy (non-hydrogen) atoms. The van der Waals surface area contributed by atoms with Crippen molar-refractivity contribution in [2.24, 2.45) is 5.92 Å². The number of anilines is 1. The third-order valence-corrected chi connectivity index (χ3v) is 3.68. The van der Waals surface area contributed by atoms with Gasteiger partial charge in [0.05, 0.1) is 6.54 Å². The van der Waals surface area contributed by atoms with Gasteiger partial charge >= 0.3 is 6.01 Å². The zero-order valence-corrected chi connectivity index (χ0v) is 14.3. The average molecular weight is 334 g/mol. The predicted octanol–water partition coefficient (Wildman–Crippen LogP) is 3.18. The number of hydrogen-bond acceptors (Lipinski definition) is 5. The highest BCUT2D eigenvalue weighted by Crippen LogP contribution is 2.20. The first-order valence-electron chi connectivity index (χ1n) is 8.23. The van der Waals surface area contributed by atoms with Gasteiger partial charge in [-0.3, -0.25) is 4.79 Å². The largest absolute Gasteiger partial charge is 0.403 e.